The molecule has 0 unspecified atom stereocenters. The zero-order valence-corrected chi connectivity index (χ0v) is 11.7. The SMILES string of the molecule is Cc1ccccc1-c1nc(Cl)cc(CC(C)C)n1. The zero-order valence-electron chi connectivity index (χ0n) is 10.9. The highest BCUT2D eigenvalue weighted by Crippen LogP contribution is 2.22. The van der Waals surface area contributed by atoms with E-state index in [0.29, 0.717) is 11.1 Å². The average Bonchev–Trinajstić information content (AvgIpc) is 2.27. The van der Waals surface area contributed by atoms with E-state index in [2.05, 4.69) is 36.8 Å². The summed E-state index contributed by atoms with van der Waals surface area (Å²) in [5.41, 5.74) is 3.21. The van der Waals surface area contributed by atoms with Crippen molar-refractivity contribution in [3.63, 3.8) is 0 Å². The quantitative estimate of drug-likeness (QED) is 0.769. The molecule has 1 aromatic carbocycles. The minimum atomic E-state index is 0.513. The van der Waals surface area contributed by atoms with Gasteiger partial charge in [-0.2, -0.15) is 0 Å². The van der Waals surface area contributed by atoms with Gasteiger partial charge in [0.25, 0.3) is 0 Å². The van der Waals surface area contributed by atoms with Gasteiger partial charge in [-0.05, 0) is 30.9 Å². The van der Waals surface area contributed by atoms with Crippen LogP contribution in [0.4, 0.5) is 0 Å². The molecule has 0 atom stereocenters. The minimum Gasteiger partial charge on any atom is -0.233 e. The molecule has 0 N–H and O–H groups in total. The first-order chi connectivity index (χ1) is 8.56. The van der Waals surface area contributed by atoms with Gasteiger partial charge in [0, 0.05) is 11.3 Å². The van der Waals surface area contributed by atoms with Crippen LogP contribution in [0.3, 0.4) is 0 Å². The maximum atomic E-state index is 6.08. The summed E-state index contributed by atoms with van der Waals surface area (Å²) in [7, 11) is 0. The fourth-order valence-corrected chi connectivity index (χ4v) is 2.14. The van der Waals surface area contributed by atoms with Crippen LogP contribution < -0.4 is 0 Å². The molecular weight excluding hydrogens is 244 g/mol. The number of hydrogen-bond donors (Lipinski definition) is 0. The Kier molecular flexibility index (Phi) is 3.97. The van der Waals surface area contributed by atoms with Gasteiger partial charge in [-0.1, -0.05) is 49.7 Å². The van der Waals surface area contributed by atoms with E-state index < -0.39 is 0 Å². The lowest BCUT2D eigenvalue weighted by molar-refractivity contribution is 0.634. The highest BCUT2D eigenvalue weighted by atomic mass is 35.5. The van der Waals surface area contributed by atoms with Crippen LogP contribution in [0.1, 0.15) is 25.1 Å². The van der Waals surface area contributed by atoms with Crippen LogP contribution in [0.2, 0.25) is 5.15 Å². The van der Waals surface area contributed by atoms with Crippen molar-refractivity contribution in [1.29, 1.82) is 0 Å². The molecule has 2 nitrogen and oxygen atoms in total. The molecule has 0 bridgehead atoms. The molecule has 18 heavy (non-hydrogen) atoms. The average molecular weight is 261 g/mol. The van der Waals surface area contributed by atoms with Crippen molar-refractivity contribution >= 4 is 11.6 Å². The van der Waals surface area contributed by atoms with Gasteiger partial charge in [0.15, 0.2) is 5.82 Å². The Hall–Kier alpha value is -1.41. The Balaban J connectivity index is 2.45. The molecule has 0 aliphatic rings. The van der Waals surface area contributed by atoms with Crippen LogP contribution in [0, 0.1) is 12.8 Å². The summed E-state index contributed by atoms with van der Waals surface area (Å²) in [5.74, 6) is 1.27. The van der Waals surface area contributed by atoms with Crippen molar-refractivity contribution in [3.8, 4) is 11.4 Å². The topological polar surface area (TPSA) is 25.8 Å². The molecule has 94 valence electrons. The summed E-state index contributed by atoms with van der Waals surface area (Å²) in [6, 6.07) is 9.94. The third kappa shape index (κ3) is 3.08. The van der Waals surface area contributed by atoms with E-state index in [4.69, 9.17) is 11.6 Å². The third-order valence-corrected chi connectivity index (χ3v) is 2.94. The third-order valence-electron chi connectivity index (χ3n) is 2.75. The highest BCUT2D eigenvalue weighted by molar-refractivity contribution is 6.29. The van der Waals surface area contributed by atoms with Crippen LogP contribution in [-0.2, 0) is 6.42 Å². The minimum absolute atomic E-state index is 0.513. The molecule has 0 aliphatic carbocycles. The summed E-state index contributed by atoms with van der Waals surface area (Å²) < 4.78 is 0. The van der Waals surface area contributed by atoms with Crippen LogP contribution in [0.5, 0.6) is 0 Å². The van der Waals surface area contributed by atoms with E-state index in [0.717, 1.165) is 29.1 Å². The number of aromatic nitrogens is 2. The molecular formula is C15H17ClN2. The van der Waals surface area contributed by atoms with Crippen LogP contribution in [0.15, 0.2) is 30.3 Å². The number of rotatable bonds is 3. The lowest BCUT2D eigenvalue weighted by atomic mass is 10.1. The number of aryl methyl sites for hydroxylation is 1. The van der Waals surface area contributed by atoms with Crippen LogP contribution in [0.25, 0.3) is 11.4 Å². The van der Waals surface area contributed by atoms with Crippen LogP contribution >= 0.6 is 11.6 Å². The summed E-state index contributed by atoms with van der Waals surface area (Å²) in [6.07, 6.45) is 0.918. The summed E-state index contributed by atoms with van der Waals surface area (Å²) in [6.45, 7) is 6.40. The Morgan fingerprint density at radius 2 is 1.89 bits per heavy atom. The first-order valence-corrected chi connectivity index (χ1v) is 6.53. The van der Waals surface area contributed by atoms with Crippen LogP contribution in [-0.4, -0.2) is 9.97 Å². The number of halogens is 1. The molecule has 0 saturated heterocycles. The molecule has 1 heterocycles. The highest BCUT2D eigenvalue weighted by Gasteiger charge is 2.09. The molecule has 0 radical (unpaired) electrons. The number of nitrogens with zero attached hydrogens (tertiary/aromatic N) is 2. The Bertz CT molecular complexity index is 550. The van der Waals surface area contributed by atoms with Gasteiger partial charge in [-0.3, -0.25) is 0 Å². The number of benzene rings is 1. The molecule has 0 saturated carbocycles. The van der Waals surface area contributed by atoms with Crippen molar-refractivity contribution < 1.29 is 0 Å². The van der Waals surface area contributed by atoms with Crippen molar-refractivity contribution in [1.82, 2.24) is 9.97 Å². The maximum absolute atomic E-state index is 6.08. The fourth-order valence-electron chi connectivity index (χ4n) is 1.93. The molecule has 3 heteroatoms. The van der Waals surface area contributed by atoms with Crippen molar-refractivity contribution in [2.24, 2.45) is 5.92 Å². The van der Waals surface area contributed by atoms with Gasteiger partial charge in [-0.15, -0.1) is 0 Å². The Labute approximate surface area is 113 Å². The number of hydrogen-bond acceptors (Lipinski definition) is 2. The van der Waals surface area contributed by atoms with E-state index in [1.54, 1.807) is 0 Å². The summed E-state index contributed by atoms with van der Waals surface area (Å²) >= 11 is 6.08. The molecule has 2 aromatic rings. The maximum Gasteiger partial charge on any atom is 0.161 e. The largest absolute Gasteiger partial charge is 0.233 e. The molecule has 0 amide bonds. The molecule has 2 rings (SSSR count). The smallest absolute Gasteiger partial charge is 0.161 e. The van der Waals surface area contributed by atoms with Crippen molar-refractivity contribution in [2.45, 2.75) is 27.2 Å². The van der Waals surface area contributed by atoms with E-state index in [1.807, 2.05) is 24.3 Å². The Morgan fingerprint density at radius 3 is 2.56 bits per heavy atom. The summed E-state index contributed by atoms with van der Waals surface area (Å²) in [5, 5.41) is 0.513. The van der Waals surface area contributed by atoms with Gasteiger partial charge in [0.05, 0.1) is 0 Å². The standard InChI is InChI=1S/C15H17ClN2/c1-10(2)8-12-9-14(16)18-15(17-12)13-7-5-4-6-11(13)3/h4-7,9-10H,8H2,1-3H3. The van der Waals surface area contributed by atoms with Gasteiger partial charge in [-0.25, -0.2) is 9.97 Å². The second-order valence-electron chi connectivity index (χ2n) is 4.92. The second-order valence-corrected chi connectivity index (χ2v) is 5.31. The van der Waals surface area contributed by atoms with Gasteiger partial charge in [0.1, 0.15) is 5.15 Å². The van der Waals surface area contributed by atoms with Gasteiger partial charge >= 0.3 is 0 Å². The molecule has 1 aromatic heterocycles. The van der Waals surface area contributed by atoms with Crippen molar-refractivity contribution in [3.05, 3.63) is 46.7 Å². The second kappa shape index (κ2) is 5.49. The van der Waals surface area contributed by atoms with E-state index in [9.17, 15) is 0 Å². The lowest BCUT2D eigenvalue weighted by Gasteiger charge is -2.08. The first kappa shape index (κ1) is 13.0. The predicted octanol–water partition coefficient (Wildman–Crippen LogP) is 4.30. The summed E-state index contributed by atoms with van der Waals surface area (Å²) in [4.78, 5) is 8.94. The molecule has 0 aliphatic heterocycles. The molecule has 0 spiro atoms. The molecule has 0 fully saturated rings. The van der Waals surface area contributed by atoms with E-state index in [-0.39, 0.29) is 0 Å². The Morgan fingerprint density at radius 1 is 1.17 bits per heavy atom. The fraction of sp³-hybridized carbons (Fsp3) is 0.333. The predicted molar refractivity (Wildman–Crippen MR) is 75.8 cm³/mol. The monoisotopic (exact) mass is 260 g/mol. The zero-order chi connectivity index (χ0) is 13.1. The van der Waals surface area contributed by atoms with E-state index >= 15 is 0 Å². The van der Waals surface area contributed by atoms with Gasteiger partial charge < -0.3 is 0 Å². The van der Waals surface area contributed by atoms with Gasteiger partial charge in [0.2, 0.25) is 0 Å². The lowest BCUT2D eigenvalue weighted by Crippen LogP contribution is -2.01. The first-order valence-electron chi connectivity index (χ1n) is 6.15. The van der Waals surface area contributed by atoms with E-state index in [1.165, 1.54) is 0 Å². The normalized spacial score (nSPS) is 10.9. The van der Waals surface area contributed by atoms with Crippen molar-refractivity contribution in [2.75, 3.05) is 0 Å².